The SMILES string of the molecule is O=C(CCc1nc2cnccc2s1)NC[C@H](O)CN1CCc2ccccc2C1. The number of hydrogen-bond acceptors (Lipinski definition) is 6. The summed E-state index contributed by atoms with van der Waals surface area (Å²) in [5.41, 5.74) is 3.60. The van der Waals surface area contributed by atoms with Crippen LogP contribution in [-0.2, 0) is 24.2 Å². The lowest BCUT2D eigenvalue weighted by molar-refractivity contribution is -0.121. The number of amides is 1. The van der Waals surface area contributed by atoms with Gasteiger partial charge < -0.3 is 10.4 Å². The van der Waals surface area contributed by atoms with E-state index >= 15 is 0 Å². The molecule has 1 aliphatic rings. The maximum absolute atomic E-state index is 12.1. The Hall–Kier alpha value is -2.35. The van der Waals surface area contributed by atoms with Gasteiger partial charge in [0.15, 0.2) is 0 Å². The van der Waals surface area contributed by atoms with Crippen LogP contribution in [0.25, 0.3) is 10.2 Å². The van der Waals surface area contributed by atoms with Crippen LogP contribution in [0.4, 0.5) is 0 Å². The smallest absolute Gasteiger partial charge is 0.220 e. The van der Waals surface area contributed by atoms with Gasteiger partial charge in [0, 0.05) is 45.2 Å². The number of aliphatic hydroxyl groups is 1. The first-order valence-electron chi connectivity index (χ1n) is 9.61. The van der Waals surface area contributed by atoms with E-state index in [-0.39, 0.29) is 12.5 Å². The molecule has 7 heteroatoms. The standard InChI is InChI=1S/C21H24N4O2S/c26-17(14-25-10-8-15-3-1-2-4-16(15)13-25)11-23-20(27)5-6-21-24-18-12-22-9-7-19(18)28-21/h1-4,7,9,12,17,26H,5-6,8,10-11,13-14H2,(H,23,27)/t17-/m0/s1. The van der Waals surface area contributed by atoms with Gasteiger partial charge in [-0.1, -0.05) is 24.3 Å². The monoisotopic (exact) mass is 396 g/mol. The summed E-state index contributed by atoms with van der Waals surface area (Å²) in [5, 5.41) is 14.1. The van der Waals surface area contributed by atoms with Gasteiger partial charge in [0.2, 0.25) is 5.91 Å². The zero-order valence-electron chi connectivity index (χ0n) is 15.7. The molecule has 0 bridgehead atoms. The maximum atomic E-state index is 12.1. The number of β-amino-alcohol motifs (C(OH)–C–C–N with tert-alkyl or cyclic N) is 1. The Morgan fingerprint density at radius 1 is 1.29 bits per heavy atom. The van der Waals surface area contributed by atoms with E-state index < -0.39 is 6.10 Å². The van der Waals surface area contributed by atoms with E-state index in [1.807, 2.05) is 6.07 Å². The Labute approximate surface area is 168 Å². The van der Waals surface area contributed by atoms with Crippen LogP contribution < -0.4 is 5.32 Å². The molecule has 0 fully saturated rings. The van der Waals surface area contributed by atoms with Crippen molar-refractivity contribution in [3.8, 4) is 0 Å². The second kappa shape index (κ2) is 8.77. The molecule has 1 atom stereocenters. The van der Waals surface area contributed by atoms with Crippen molar-refractivity contribution >= 4 is 27.5 Å². The number of thiazole rings is 1. The molecule has 0 unspecified atom stereocenters. The Bertz CT molecular complexity index is 925. The Morgan fingerprint density at radius 2 is 2.14 bits per heavy atom. The molecule has 2 N–H and O–H groups in total. The number of carbonyl (C=O) groups excluding carboxylic acids is 1. The average molecular weight is 397 g/mol. The minimum atomic E-state index is -0.567. The Balaban J connectivity index is 1.19. The first-order valence-corrected chi connectivity index (χ1v) is 10.4. The third-order valence-corrected chi connectivity index (χ3v) is 6.11. The molecule has 0 saturated heterocycles. The summed E-state index contributed by atoms with van der Waals surface area (Å²) in [5.74, 6) is -0.0552. The van der Waals surface area contributed by atoms with Gasteiger partial charge in [-0.25, -0.2) is 4.98 Å². The van der Waals surface area contributed by atoms with E-state index in [4.69, 9.17) is 0 Å². The van der Waals surface area contributed by atoms with Gasteiger partial charge in [0.05, 0.1) is 27.5 Å². The summed E-state index contributed by atoms with van der Waals surface area (Å²) in [7, 11) is 0. The van der Waals surface area contributed by atoms with E-state index in [2.05, 4.69) is 44.5 Å². The summed E-state index contributed by atoms with van der Waals surface area (Å²) in [6.45, 7) is 2.64. The Kier molecular flexibility index (Phi) is 5.95. The van der Waals surface area contributed by atoms with E-state index in [9.17, 15) is 9.90 Å². The molecule has 0 radical (unpaired) electrons. The first-order chi connectivity index (χ1) is 13.7. The number of benzene rings is 1. The van der Waals surface area contributed by atoms with Gasteiger partial charge >= 0.3 is 0 Å². The van der Waals surface area contributed by atoms with Gasteiger partial charge in [0.25, 0.3) is 0 Å². The molecular formula is C21H24N4O2S. The number of aliphatic hydroxyl groups excluding tert-OH is 1. The highest BCUT2D eigenvalue weighted by Gasteiger charge is 2.18. The lowest BCUT2D eigenvalue weighted by Crippen LogP contribution is -2.42. The number of carbonyl (C=O) groups is 1. The van der Waals surface area contributed by atoms with E-state index in [1.165, 1.54) is 11.1 Å². The average Bonchev–Trinajstić information content (AvgIpc) is 3.14. The van der Waals surface area contributed by atoms with Crippen LogP contribution in [0, 0.1) is 0 Å². The predicted molar refractivity (Wildman–Crippen MR) is 110 cm³/mol. The first kappa shape index (κ1) is 19.0. The van der Waals surface area contributed by atoms with Crippen molar-refractivity contribution in [3.63, 3.8) is 0 Å². The van der Waals surface area contributed by atoms with Crippen molar-refractivity contribution in [2.24, 2.45) is 0 Å². The zero-order chi connectivity index (χ0) is 19.3. The van der Waals surface area contributed by atoms with Gasteiger partial charge in [-0.15, -0.1) is 11.3 Å². The molecule has 4 rings (SSSR count). The van der Waals surface area contributed by atoms with E-state index in [0.29, 0.717) is 19.4 Å². The number of fused-ring (bicyclic) bond motifs is 2. The highest BCUT2D eigenvalue weighted by atomic mass is 32.1. The number of aryl methyl sites for hydroxylation is 1. The summed E-state index contributed by atoms with van der Waals surface area (Å²) in [4.78, 5) is 22.9. The lowest BCUT2D eigenvalue weighted by atomic mass is 10.00. The third kappa shape index (κ3) is 4.73. The maximum Gasteiger partial charge on any atom is 0.220 e. The number of aromatic nitrogens is 2. The molecular weight excluding hydrogens is 372 g/mol. The molecule has 1 aromatic carbocycles. The van der Waals surface area contributed by atoms with Crippen LogP contribution in [0.1, 0.15) is 22.6 Å². The molecule has 1 aliphatic heterocycles. The number of nitrogens with one attached hydrogen (secondary N) is 1. The van der Waals surface area contributed by atoms with Crippen LogP contribution in [-0.4, -0.2) is 51.6 Å². The van der Waals surface area contributed by atoms with Gasteiger partial charge in [-0.2, -0.15) is 0 Å². The molecule has 0 saturated carbocycles. The summed E-state index contributed by atoms with van der Waals surface area (Å²) >= 11 is 1.59. The van der Waals surface area contributed by atoms with E-state index in [0.717, 1.165) is 34.7 Å². The Morgan fingerprint density at radius 3 is 3.00 bits per heavy atom. The summed E-state index contributed by atoms with van der Waals surface area (Å²) in [6, 6.07) is 10.4. The van der Waals surface area contributed by atoms with Crippen LogP contribution in [0.5, 0.6) is 0 Å². The number of hydrogen-bond donors (Lipinski definition) is 2. The molecule has 1 amide bonds. The second-order valence-corrected chi connectivity index (χ2v) is 8.28. The minimum absolute atomic E-state index is 0.0552. The molecule has 0 spiro atoms. The van der Waals surface area contributed by atoms with Gasteiger partial charge in [-0.05, 0) is 23.6 Å². The number of nitrogens with zero attached hydrogens (tertiary/aromatic N) is 3. The van der Waals surface area contributed by atoms with Crippen LogP contribution >= 0.6 is 11.3 Å². The van der Waals surface area contributed by atoms with Crippen LogP contribution in [0.2, 0.25) is 0 Å². The highest BCUT2D eigenvalue weighted by Crippen LogP contribution is 2.21. The largest absolute Gasteiger partial charge is 0.390 e. The van der Waals surface area contributed by atoms with Gasteiger partial charge in [0.1, 0.15) is 0 Å². The molecule has 6 nitrogen and oxygen atoms in total. The fourth-order valence-electron chi connectivity index (χ4n) is 3.55. The van der Waals surface area contributed by atoms with Crippen molar-refractivity contribution in [1.82, 2.24) is 20.2 Å². The fourth-order valence-corrected chi connectivity index (χ4v) is 4.48. The topological polar surface area (TPSA) is 78.3 Å². The lowest BCUT2D eigenvalue weighted by Gasteiger charge is -2.30. The quantitative estimate of drug-likeness (QED) is 0.640. The van der Waals surface area contributed by atoms with E-state index in [1.54, 1.807) is 23.7 Å². The molecule has 28 heavy (non-hydrogen) atoms. The minimum Gasteiger partial charge on any atom is -0.390 e. The molecule has 3 aromatic rings. The summed E-state index contributed by atoms with van der Waals surface area (Å²) < 4.78 is 1.09. The number of pyridine rings is 1. The third-order valence-electron chi connectivity index (χ3n) is 5.01. The predicted octanol–water partition coefficient (Wildman–Crippen LogP) is 2.16. The van der Waals surface area contributed by atoms with Crippen molar-refractivity contribution in [3.05, 3.63) is 58.9 Å². The number of rotatable bonds is 7. The van der Waals surface area contributed by atoms with Gasteiger partial charge in [-0.3, -0.25) is 14.7 Å². The molecule has 0 aliphatic carbocycles. The zero-order valence-corrected chi connectivity index (χ0v) is 16.5. The van der Waals surface area contributed by atoms with Crippen LogP contribution in [0.15, 0.2) is 42.7 Å². The normalized spacial score (nSPS) is 15.3. The van der Waals surface area contributed by atoms with Crippen molar-refractivity contribution < 1.29 is 9.90 Å². The molecule has 3 heterocycles. The molecule has 2 aromatic heterocycles. The second-order valence-electron chi connectivity index (χ2n) is 7.16. The van der Waals surface area contributed by atoms with Crippen molar-refractivity contribution in [1.29, 1.82) is 0 Å². The summed E-state index contributed by atoms with van der Waals surface area (Å²) in [6.07, 6.45) is 4.90. The molecule has 146 valence electrons. The van der Waals surface area contributed by atoms with Crippen molar-refractivity contribution in [2.45, 2.75) is 31.9 Å². The fraction of sp³-hybridized carbons (Fsp3) is 0.381. The van der Waals surface area contributed by atoms with Crippen molar-refractivity contribution in [2.75, 3.05) is 19.6 Å². The highest BCUT2D eigenvalue weighted by molar-refractivity contribution is 7.18. The van der Waals surface area contributed by atoms with Crippen LogP contribution in [0.3, 0.4) is 0 Å².